The molecule has 0 bridgehead atoms. The van der Waals surface area contributed by atoms with Gasteiger partial charge >= 0.3 is 0 Å². The molecule has 1 aliphatic heterocycles. The molecule has 124 valence electrons. The Morgan fingerprint density at radius 2 is 2.05 bits per heavy atom. The summed E-state index contributed by atoms with van der Waals surface area (Å²) in [4.78, 5) is 0. The van der Waals surface area contributed by atoms with E-state index in [1.54, 1.807) is 6.07 Å². The van der Waals surface area contributed by atoms with E-state index in [1.165, 1.54) is 23.5 Å². The van der Waals surface area contributed by atoms with Gasteiger partial charge in [0.05, 0.1) is 0 Å². The van der Waals surface area contributed by atoms with Gasteiger partial charge in [-0.05, 0) is 32.0 Å². The lowest BCUT2D eigenvalue weighted by molar-refractivity contribution is 0.278. The first-order valence-electron chi connectivity index (χ1n) is 7.18. The molecule has 1 aromatic rings. The fourth-order valence-corrected chi connectivity index (χ4v) is 4.14. The van der Waals surface area contributed by atoms with E-state index in [1.807, 2.05) is 7.05 Å². The van der Waals surface area contributed by atoms with Crippen LogP contribution < -0.4 is 5.32 Å². The lowest BCUT2D eigenvalue weighted by Crippen LogP contribution is -2.48. The maximum absolute atomic E-state index is 13.8. The molecule has 1 aromatic carbocycles. The third-order valence-electron chi connectivity index (χ3n) is 4.02. The third kappa shape index (κ3) is 3.78. The second-order valence-electron chi connectivity index (χ2n) is 5.43. The topological polar surface area (TPSA) is 52.7 Å². The van der Waals surface area contributed by atoms with Crippen molar-refractivity contribution in [3.8, 4) is 0 Å². The van der Waals surface area contributed by atoms with Crippen molar-refractivity contribution in [2.45, 2.75) is 25.4 Å². The van der Waals surface area contributed by atoms with Gasteiger partial charge < -0.3 is 5.32 Å². The Morgan fingerprint density at radius 1 is 1.41 bits per heavy atom. The number of rotatable bonds is 5. The van der Waals surface area contributed by atoms with E-state index in [-0.39, 0.29) is 17.1 Å². The number of hydrogen-bond donors (Lipinski definition) is 1. The van der Waals surface area contributed by atoms with Crippen LogP contribution in [0.2, 0.25) is 5.02 Å². The van der Waals surface area contributed by atoms with Gasteiger partial charge in [-0.2, -0.15) is 17.0 Å². The van der Waals surface area contributed by atoms with Crippen molar-refractivity contribution in [1.29, 1.82) is 0 Å². The molecule has 0 unspecified atom stereocenters. The monoisotopic (exact) mass is 349 g/mol. The number of nitrogens with zero attached hydrogens (tertiary/aromatic N) is 2. The number of benzene rings is 1. The Hall–Kier alpha value is -0.730. The molecule has 1 fully saturated rings. The zero-order valence-electron chi connectivity index (χ0n) is 12.7. The van der Waals surface area contributed by atoms with E-state index in [2.05, 4.69) is 5.32 Å². The van der Waals surface area contributed by atoms with Gasteiger partial charge in [0.2, 0.25) is 0 Å². The molecule has 0 aliphatic carbocycles. The second-order valence-corrected chi connectivity index (χ2v) is 7.87. The maximum Gasteiger partial charge on any atom is 0.282 e. The minimum absolute atomic E-state index is 0.0835. The Bertz CT molecular complexity index is 598. The first kappa shape index (κ1) is 17.6. The predicted molar refractivity (Wildman–Crippen MR) is 85.5 cm³/mol. The van der Waals surface area contributed by atoms with Crippen molar-refractivity contribution in [3.05, 3.63) is 34.6 Å². The van der Waals surface area contributed by atoms with Crippen LogP contribution in [-0.2, 0) is 16.8 Å². The van der Waals surface area contributed by atoms with Crippen LogP contribution in [0.4, 0.5) is 4.39 Å². The summed E-state index contributed by atoms with van der Waals surface area (Å²) in [5.74, 6) is -0.497. The minimum Gasteiger partial charge on any atom is -0.317 e. The summed E-state index contributed by atoms with van der Waals surface area (Å²) in [7, 11) is -0.289. The molecule has 0 spiro atoms. The van der Waals surface area contributed by atoms with Crippen LogP contribution in [0, 0.1) is 5.82 Å². The van der Waals surface area contributed by atoms with Crippen molar-refractivity contribution >= 4 is 21.8 Å². The molecule has 1 N–H and O–H groups in total. The van der Waals surface area contributed by atoms with Crippen molar-refractivity contribution in [2.24, 2.45) is 0 Å². The summed E-state index contributed by atoms with van der Waals surface area (Å²) >= 11 is 5.96. The van der Waals surface area contributed by atoms with E-state index in [4.69, 9.17) is 11.6 Å². The van der Waals surface area contributed by atoms with Gasteiger partial charge in [0.15, 0.2) is 0 Å². The summed E-state index contributed by atoms with van der Waals surface area (Å²) in [6, 6.07) is 4.68. The minimum atomic E-state index is -3.61. The molecular formula is C14H21ClFN3O2S. The molecular weight excluding hydrogens is 329 g/mol. The largest absolute Gasteiger partial charge is 0.317 e. The predicted octanol–water partition coefficient (Wildman–Crippen LogP) is 1.84. The molecule has 8 heteroatoms. The van der Waals surface area contributed by atoms with Gasteiger partial charge in [-0.15, -0.1) is 0 Å². The van der Waals surface area contributed by atoms with Crippen molar-refractivity contribution < 1.29 is 12.8 Å². The molecule has 0 saturated carbocycles. The van der Waals surface area contributed by atoms with Crippen LogP contribution in [0.15, 0.2) is 18.2 Å². The number of piperidine rings is 1. The van der Waals surface area contributed by atoms with Crippen molar-refractivity contribution in [1.82, 2.24) is 13.9 Å². The van der Waals surface area contributed by atoms with Gasteiger partial charge in [-0.25, -0.2) is 4.39 Å². The highest BCUT2D eigenvalue weighted by molar-refractivity contribution is 7.86. The highest BCUT2D eigenvalue weighted by Gasteiger charge is 2.31. The molecule has 0 atom stereocenters. The molecule has 2 rings (SSSR count). The molecule has 1 saturated heterocycles. The zero-order valence-corrected chi connectivity index (χ0v) is 14.3. The smallest absolute Gasteiger partial charge is 0.282 e. The van der Waals surface area contributed by atoms with Gasteiger partial charge in [-0.3, -0.25) is 0 Å². The number of hydrogen-bond acceptors (Lipinski definition) is 3. The third-order valence-corrected chi connectivity index (χ3v) is 6.31. The average Bonchev–Trinajstić information content (AvgIpc) is 2.51. The summed E-state index contributed by atoms with van der Waals surface area (Å²) < 4.78 is 41.5. The quantitative estimate of drug-likeness (QED) is 0.882. The van der Waals surface area contributed by atoms with Crippen LogP contribution in [0.25, 0.3) is 0 Å². The molecule has 22 heavy (non-hydrogen) atoms. The standard InChI is InChI=1S/C14H21ClFN3O2S/c1-17-11-6-8-19(9-7-11)22(20,21)18(2)10-12-13(15)4-3-5-14(12)16/h3-5,11,17H,6-10H2,1-2H3. The highest BCUT2D eigenvalue weighted by atomic mass is 35.5. The fraction of sp³-hybridized carbons (Fsp3) is 0.571. The first-order valence-corrected chi connectivity index (χ1v) is 8.95. The van der Waals surface area contributed by atoms with E-state index in [0.717, 1.165) is 17.1 Å². The van der Waals surface area contributed by atoms with Gasteiger partial charge in [0.25, 0.3) is 10.2 Å². The van der Waals surface area contributed by atoms with E-state index < -0.39 is 16.0 Å². The molecule has 0 radical (unpaired) electrons. The van der Waals surface area contributed by atoms with Crippen LogP contribution in [-0.4, -0.2) is 50.3 Å². The molecule has 1 heterocycles. The zero-order chi connectivity index (χ0) is 16.3. The summed E-state index contributed by atoms with van der Waals surface area (Å²) in [6.45, 7) is 0.839. The summed E-state index contributed by atoms with van der Waals surface area (Å²) in [5, 5.41) is 3.39. The first-order chi connectivity index (χ1) is 10.4. The lowest BCUT2D eigenvalue weighted by Gasteiger charge is -2.33. The summed E-state index contributed by atoms with van der Waals surface area (Å²) in [5.41, 5.74) is 0.195. The lowest BCUT2D eigenvalue weighted by atomic mass is 10.1. The Kier molecular flexibility index (Phi) is 5.79. The molecule has 0 aromatic heterocycles. The van der Waals surface area contributed by atoms with Crippen molar-refractivity contribution in [2.75, 3.05) is 27.2 Å². The van der Waals surface area contributed by atoms with E-state index in [9.17, 15) is 12.8 Å². The molecule has 1 aliphatic rings. The van der Waals surface area contributed by atoms with Gasteiger partial charge in [0, 0.05) is 43.3 Å². The summed E-state index contributed by atoms with van der Waals surface area (Å²) in [6.07, 6.45) is 1.54. The van der Waals surface area contributed by atoms with Crippen molar-refractivity contribution in [3.63, 3.8) is 0 Å². The number of halogens is 2. The van der Waals surface area contributed by atoms with Crippen LogP contribution >= 0.6 is 11.6 Å². The Balaban J connectivity index is 2.10. The Morgan fingerprint density at radius 3 is 2.59 bits per heavy atom. The van der Waals surface area contributed by atoms with Gasteiger partial charge in [-0.1, -0.05) is 17.7 Å². The maximum atomic E-state index is 13.8. The molecule has 0 amide bonds. The van der Waals surface area contributed by atoms with E-state index >= 15 is 0 Å². The van der Waals surface area contributed by atoms with Crippen LogP contribution in [0.5, 0.6) is 0 Å². The van der Waals surface area contributed by atoms with Crippen LogP contribution in [0.1, 0.15) is 18.4 Å². The van der Waals surface area contributed by atoms with Crippen LogP contribution in [0.3, 0.4) is 0 Å². The Labute approximate surface area is 136 Å². The number of nitrogens with one attached hydrogen (secondary N) is 1. The molecule has 5 nitrogen and oxygen atoms in total. The van der Waals surface area contributed by atoms with Gasteiger partial charge in [0.1, 0.15) is 5.82 Å². The fourth-order valence-electron chi connectivity index (χ4n) is 2.56. The highest BCUT2D eigenvalue weighted by Crippen LogP contribution is 2.23. The SMILES string of the molecule is CNC1CCN(S(=O)(=O)N(C)Cc2c(F)cccc2Cl)CC1. The van der Waals surface area contributed by atoms with E-state index in [0.29, 0.717) is 19.1 Å². The second kappa shape index (κ2) is 7.23. The average molecular weight is 350 g/mol. The normalized spacial score (nSPS) is 18.0.